The molecule has 0 amide bonds. The first kappa shape index (κ1) is 13.9. The van der Waals surface area contributed by atoms with Crippen LogP contribution in [0.1, 0.15) is 5.56 Å². The molecule has 1 nitrogen and oxygen atoms in total. The van der Waals surface area contributed by atoms with Crippen LogP contribution in [0.25, 0.3) is 0 Å². The molecule has 0 atom stereocenters. The monoisotopic (exact) mass is 330 g/mol. The second-order valence-electron chi connectivity index (χ2n) is 3.93. The molecule has 0 N–H and O–H groups in total. The van der Waals surface area contributed by atoms with E-state index in [0.29, 0.717) is 4.47 Å². The topological polar surface area (TPSA) is 9.23 Å². The molecule has 19 heavy (non-hydrogen) atoms. The van der Waals surface area contributed by atoms with Crippen molar-refractivity contribution in [2.45, 2.75) is 5.92 Å². The Hall–Kier alpha value is -1.49. The number of benzene rings is 2. The van der Waals surface area contributed by atoms with Crippen molar-refractivity contribution in [2.75, 3.05) is 6.61 Å². The maximum absolute atomic E-state index is 13.8. The Bertz CT molecular complexity index is 558. The Morgan fingerprint density at radius 1 is 1.05 bits per heavy atom. The molecule has 0 saturated carbocycles. The molecule has 0 spiro atoms. The van der Waals surface area contributed by atoms with E-state index in [-0.39, 0.29) is 11.3 Å². The first-order chi connectivity index (χ1) is 8.99. The molecule has 0 radical (unpaired) electrons. The van der Waals surface area contributed by atoms with Crippen molar-refractivity contribution >= 4 is 15.9 Å². The average Bonchev–Trinajstić information content (AvgIpc) is 2.39. The smallest absolute Gasteiger partial charge is 0.306 e. The predicted molar refractivity (Wildman–Crippen MR) is 69.9 cm³/mol. The summed E-state index contributed by atoms with van der Waals surface area (Å²) < 4.78 is 45.9. The molecule has 100 valence electrons. The Morgan fingerprint density at radius 3 is 2.37 bits per heavy atom. The van der Waals surface area contributed by atoms with Gasteiger partial charge in [0.25, 0.3) is 0 Å². The number of hydrogen-bond acceptors (Lipinski definition) is 1. The summed E-state index contributed by atoms with van der Waals surface area (Å²) in [6.45, 7) is -0.804. The van der Waals surface area contributed by atoms with Gasteiger partial charge in [-0.2, -0.15) is 8.78 Å². The molecule has 5 heteroatoms. The van der Waals surface area contributed by atoms with E-state index in [2.05, 4.69) is 15.9 Å². The van der Waals surface area contributed by atoms with Gasteiger partial charge in [-0.3, -0.25) is 0 Å². The highest BCUT2D eigenvalue weighted by Crippen LogP contribution is 2.31. The van der Waals surface area contributed by atoms with Gasteiger partial charge in [-0.05, 0) is 34.1 Å². The first-order valence-electron chi connectivity index (χ1n) is 5.50. The van der Waals surface area contributed by atoms with E-state index in [4.69, 9.17) is 4.74 Å². The van der Waals surface area contributed by atoms with Crippen LogP contribution >= 0.6 is 15.9 Å². The van der Waals surface area contributed by atoms with E-state index in [1.807, 2.05) is 0 Å². The van der Waals surface area contributed by atoms with Crippen molar-refractivity contribution in [3.05, 3.63) is 64.4 Å². The fourth-order valence-corrected chi connectivity index (χ4v) is 1.99. The molecule has 0 heterocycles. The predicted octanol–water partition coefficient (Wildman–Crippen LogP) is 4.76. The largest absolute Gasteiger partial charge is 0.486 e. The highest BCUT2D eigenvalue weighted by atomic mass is 79.9. The van der Waals surface area contributed by atoms with E-state index in [0.717, 1.165) is 12.1 Å². The van der Waals surface area contributed by atoms with Crippen molar-refractivity contribution < 1.29 is 17.9 Å². The zero-order valence-corrected chi connectivity index (χ0v) is 11.3. The molecule has 2 rings (SSSR count). The molecule has 0 saturated heterocycles. The van der Waals surface area contributed by atoms with Crippen LogP contribution in [0.2, 0.25) is 0 Å². The van der Waals surface area contributed by atoms with Crippen LogP contribution in [0.15, 0.2) is 53.0 Å². The number of ether oxygens (including phenoxy) is 1. The van der Waals surface area contributed by atoms with Crippen LogP contribution in [-0.2, 0) is 5.92 Å². The molecular formula is C14H10BrF3O. The second kappa shape index (κ2) is 5.65. The average molecular weight is 331 g/mol. The third-order valence-electron chi connectivity index (χ3n) is 2.50. The van der Waals surface area contributed by atoms with Crippen molar-refractivity contribution in [2.24, 2.45) is 0 Å². The minimum atomic E-state index is -3.10. The molecule has 2 aromatic rings. The molecule has 0 aliphatic rings. The van der Waals surface area contributed by atoms with Crippen LogP contribution in [0, 0.1) is 5.82 Å². The Kier molecular flexibility index (Phi) is 4.14. The maximum atomic E-state index is 13.8. The summed E-state index contributed by atoms with van der Waals surface area (Å²) in [5.41, 5.74) is -0.117. The van der Waals surface area contributed by atoms with E-state index < -0.39 is 18.3 Å². The fourth-order valence-electron chi connectivity index (χ4n) is 1.53. The third kappa shape index (κ3) is 3.50. The molecule has 0 unspecified atom stereocenters. The maximum Gasteiger partial charge on any atom is 0.306 e. The van der Waals surface area contributed by atoms with Crippen LogP contribution in [0.5, 0.6) is 5.75 Å². The fraction of sp³-hybridized carbons (Fsp3) is 0.143. The van der Waals surface area contributed by atoms with Gasteiger partial charge >= 0.3 is 5.92 Å². The van der Waals surface area contributed by atoms with Gasteiger partial charge in [0.15, 0.2) is 6.61 Å². The van der Waals surface area contributed by atoms with Crippen LogP contribution < -0.4 is 4.74 Å². The standard InChI is InChI=1S/C14H10BrF3O/c15-12-8-11(16)6-7-13(12)19-9-14(17,18)10-4-2-1-3-5-10/h1-8H,9H2. The summed E-state index contributed by atoms with van der Waals surface area (Å²) in [7, 11) is 0. The lowest BCUT2D eigenvalue weighted by molar-refractivity contribution is -0.0469. The quantitative estimate of drug-likeness (QED) is 0.785. The minimum absolute atomic E-state index is 0.117. The van der Waals surface area contributed by atoms with Crippen molar-refractivity contribution in [1.82, 2.24) is 0 Å². The molecule has 0 aliphatic heterocycles. The summed E-state index contributed by atoms with van der Waals surface area (Å²) >= 11 is 3.06. The zero-order valence-electron chi connectivity index (χ0n) is 9.75. The van der Waals surface area contributed by atoms with Gasteiger partial charge in [-0.15, -0.1) is 0 Å². The number of rotatable bonds is 4. The lowest BCUT2D eigenvalue weighted by Gasteiger charge is -2.18. The second-order valence-corrected chi connectivity index (χ2v) is 4.79. The molecule has 0 fully saturated rings. The third-order valence-corrected chi connectivity index (χ3v) is 3.12. The van der Waals surface area contributed by atoms with E-state index in [9.17, 15) is 13.2 Å². The van der Waals surface area contributed by atoms with Gasteiger partial charge < -0.3 is 4.74 Å². The van der Waals surface area contributed by atoms with Gasteiger partial charge in [-0.25, -0.2) is 4.39 Å². The van der Waals surface area contributed by atoms with Crippen LogP contribution in [0.3, 0.4) is 0 Å². The zero-order chi connectivity index (χ0) is 13.9. The molecule has 0 bridgehead atoms. The van der Waals surface area contributed by atoms with Crippen LogP contribution in [0.4, 0.5) is 13.2 Å². The summed E-state index contributed by atoms with van der Waals surface area (Å²) in [4.78, 5) is 0. The summed E-state index contributed by atoms with van der Waals surface area (Å²) in [6, 6.07) is 11.0. The van der Waals surface area contributed by atoms with Crippen molar-refractivity contribution in [1.29, 1.82) is 0 Å². The molecule has 0 aromatic heterocycles. The Morgan fingerprint density at radius 2 is 1.74 bits per heavy atom. The minimum Gasteiger partial charge on any atom is -0.486 e. The number of halogens is 4. The van der Waals surface area contributed by atoms with Gasteiger partial charge in [-0.1, -0.05) is 30.3 Å². The molecular weight excluding hydrogens is 321 g/mol. The number of hydrogen-bond donors (Lipinski definition) is 0. The highest BCUT2D eigenvalue weighted by molar-refractivity contribution is 9.10. The van der Waals surface area contributed by atoms with Crippen molar-refractivity contribution in [3.8, 4) is 5.75 Å². The Balaban J connectivity index is 2.09. The van der Waals surface area contributed by atoms with E-state index in [1.54, 1.807) is 6.07 Å². The van der Waals surface area contributed by atoms with Crippen molar-refractivity contribution in [3.63, 3.8) is 0 Å². The Labute approximate surface area is 117 Å². The first-order valence-corrected chi connectivity index (χ1v) is 6.29. The summed E-state index contributed by atoms with van der Waals surface area (Å²) in [5, 5.41) is 0. The lowest BCUT2D eigenvalue weighted by atomic mass is 10.1. The SMILES string of the molecule is Fc1ccc(OCC(F)(F)c2ccccc2)c(Br)c1. The van der Waals surface area contributed by atoms with Gasteiger partial charge in [0.1, 0.15) is 11.6 Å². The number of alkyl halides is 2. The van der Waals surface area contributed by atoms with Gasteiger partial charge in [0, 0.05) is 5.56 Å². The van der Waals surface area contributed by atoms with Crippen LogP contribution in [-0.4, -0.2) is 6.61 Å². The van der Waals surface area contributed by atoms with E-state index in [1.165, 1.54) is 30.3 Å². The molecule has 2 aromatic carbocycles. The van der Waals surface area contributed by atoms with Gasteiger partial charge in [0.2, 0.25) is 0 Å². The molecule has 0 aliphatic carbocycles. The van der Waals surface area contributed by atoms with Gasteiger partial charge in [0.05, 0.1) is 4.47 Å². The normalized spacial score (nSPS) is 11.4. The lowest BCUT2D eigenvalue weighted by Crippen LogP contribution is -2.23. The summed E-state index contributed by atoms with van der Waals surface area (Å²) in [6.07, 6.45) is 0. The van der Waals surface area contributed by atoms with E-state index >= 15 is 0 Å². The summed E-state index contributed by atoms with van der Waals surface area (Å²) in [5.74, 6) is -3.39. The highest BCUT2D eigenvalue weighted by Gasteiger charge is 2.32.